The third kappa shape index (κ3) is 4.77. The lowest BCUT2D eigenvalue weighted by molar-refractivity contribution is 0.608. The lowest BCUT2D eigenvalue weighted by Crippen LogP contribution is -1.99. The molecule has 0 aliphatic carbocycles. The van der Waals surface area contributed by atoms with Crippen LogP contribution in [-0.4, -0.2) is 21.7 Å². The van der Waals surface area contributed by atoms with Crippen molar-refractivity contribution in [3.63, 3.8) is 0 Å². The van der Waals surface area contributed by atoms with E-state index in [2.05, 4.69) is 37.3 Å². The number of hydrogen-bond donors (Lipinski definition) is 2. The zero-order valence-electron chi connectivity index (χ0n) is 18.9. The molecular formula is C27H21FN6O. The van der Waals surface area contributed by atoms with E-state index >= 15 is 0 Å². The molecule has 35 heavy (non-hydrogen) atoms. The Balaban J connectivity index is 1.36. The highest BCUT2D eigenvalue weighted by Crippen LogP contribution is 2.30. The highest BCUT2D eigenvalue weighted by Gasteiger charge is 2.12. The Morgan fingerprint density at radius 3 is 2.51 bits per heavy atom. The molecule has 0 spiro atoms. The summed E-state index contributed by atoms with van der Waals surface area (Å²) in [6, 6.07) is 19.4. The molecule has 0 radical (unpaired) electrons. The van der Waals surface area contributed by atoms with Crippen LogP contribution in [0.1, 0.15) is 12.5 Å². The highest BCUT2D eigenvalue weighted by molar-refractivity contribution is 5.83. The molecule has 7 nitrogen and oxygen atoms in total. The summed E-state index contributed by atoms with van der Waals surface area (Å²) in [5.41, 5.74) is 5.55. The van der Waals surface area contributed by atoms with Gasteiger partial charge in [-0.3, -0.25) is 9.98 Å². The smallest absolute Gasteiger partial charge is 0.249 e. The number of hydrogen-bond acceptors (Lipinski definition) is 7. The van der Waals surface area contributed by atoms with E-state index in [4.69, 9.17) is 4.42 Å². The van der Waals surface area contributed by atoms with E-state index in [9.17, 15) is 4.39 Å². The molecule has 5 rings (SSSR count). The molecule has 172 valence electrons. The first-order valence-electron chi connectivity index (χ1n) is 10.9. The fourth-order valence-electron chi connectivity index (χ4n) is 3.60. The number of rotatable bonds is 7. The maximum absolute atomic E-state index is 13.8. The number of benzene rings is 2. The molecule has 0 saturated heterocycles. The molecule has 0 bridgehead atoms. The predicted molar refractivity (Wildman–Crippen MR) is 138 cm³/mol. The summed E-state index contributed by atoms with van der Waals surface area (Å²) in [5.74, 6) is 0.776. The van der Waals surface area contributed by atoms with E-state index in [1.54, 1.807) is 18.5 Å². The van der Waals surface area contributed by atoms with Crippen molar-refractivity contribution in [3.8, 4) is 11.5 Å². The molecule has 8 heteroatoms. The van der Waals surface area contributed by atoms with Gasteiger partial charge in [-0.1, -0.05) is 6.08 Å². The van der Waals surface area contributed by atoms with Crippen molar-refractivity contribution in [2.45, 2.75) is 6.92 Å². The van der Waals surface area contributed by atoms with E-state index in [-0.39, 0.29) is 5.82 Å². The second-order valence-corrected chi connectivity index (χ2v) is 7.62. The van der Waals surface area contributed by atoms with Crippen LogP contribution < -0.4 is 10.6 Å². The number of aliphatic imine (C=N–C) groups is 1. The maximum atomic E-state index is 13.8. The topological polar surface area (TPSA) is 88.2 Å². The van der Waals surface area contributed by atoms with Gasteiger partial charge in [-0.2, -0.15) is 4.98 Å². The monoisotopic (exact) mass is 464 g/mol. The molecule has 0 amide bonds. The Hall–Kier alpha value is -4.85. The SMILES string of the molecule is C=Nc1ccc(F)cc1/C(=C\C)Nc1ccc(-c2nc3ccc(Nc4ccncc4)nc3o2)cc1. The molecule has 3 heterocycles. The lowest BCUT2D eigenvalue weighted by Gasteiger charge is -2.13. The number of allylic oxidation sites excluding steroid dienone is 1. The van der Waals surface area contributed by atoms with Crippen molar-refractivity contribution in [3.05, 3.63) is 96.6 Å². The van der Waals surface area contributed by atoms with Crippen LogP contribution in [0.25, 0.3) is 28.4 Å². The second kappa shape index (κ2) is 9.56. The molecule has 0 saturated carbocycles. The van der Waals surface area contributed by atoms with E-state index in [0.717, 1.165) is 22.6 Å². The van der Waals surface area contributed by atoms with Crippen molar-refractivity contribution in [1.29, 1.82) is 0 Å². The zero-order chi connectivity index (χ0) is 24.2. The first kappa shape index (κ1) is 22.0. The minimum absolute atomic E-state index is 0.340. The molecule has 3 aromatic heterocycles. The molecule has 0 unspecified atom stereocenters. The number of aromatic nitrogens is 3. The number of halogens is 1. The number of pyridine rings is 2. The number of nitrogens with one attached hydrogen (secondary N) is 2. The van der Waals surface area contributed by atoms with Crippen molar-refractivity contribution in [2.75, 3.05) is 10.6 Å². The molecule has 0 aliphatic rings. The van der Waals surface area contributed by atoms with Gasteiger partial charge in [0.2, 0.25) is 11.6 Å². The van der Waals surface area contributed by atoms with Gasteiger partial charge in [-0.15, -0.1) is 0 Å². The van der Waals surface area contributed by atoms with E-state index in [1.165, 1.54) is 12.1 Å². The largest absolute Gasteiger partial charge is 0.418 e. The zero-order valence-corrected chi connectivity index (χ0v) is 18.9. The van der Waals surface area contributed by atoms with E-state index in [0.29, 0.717) is 34.2 Å². The Morgan fingerprint density at radius 2 is 1.77 bits per heavy atom. The summed E-state index contributed by atoms with van der Waals surface area (Å²) in [6.45, 7) is 5.45. The van der Waals surface area contributed by atoms with Crippen molar-refractivity contribution in [2.24, 2.45) is 4.99 Å². The normalized spacial score (nSPS) is 11.4. The van der Waals surface area contributed by atoms with Crippen molar-refractivity contribution >= 4 is 46.5 Å². The van der Waals surface area contributed by atoms with Crippen molar-refractivity contribution < 1.29 is 8.81 Å². The number of anilines is 3. The molecule has 0 atom stereocenters. The predicted octanol–water partition coefficient (Wildman–Crippen LogP) is 6.97. The molecule has 2 aromatic carbocycles. The molecule has 0 aliphatic heterocycles. The van der Waals surface area contributed by atoms with Crippen LogP contribution in [-0.2, 0) is 0 Å². The van der Waals surface area contributed by atoms with Gasteiger partial charge in [0.1, 0.15) is 17.2 Å². The standard InChI is InChI=1S/C27H21FN6O/c1-3-22(21-16-18(28)6-9-23(21)29-2)31-19-7-4-17(5-8-19)26-33-24-10-11-25(34-27(24)35-26)32-20-12-14-30-15-13-20/h3-16,31H,2H2,1H3,(H,30,32,34)/b22-3+. The van der Waals surface area contributed by atoms with Crippen LogP contribution >= 0.6 is 0 Å². The van der Waals surface area contributed by atoms with Gasteiger partial charge in [-0.05, 0) is 80.4 Å². The van der Waals surface area contributed by atoms with Gasteiger partial charge < -0.3 is 15.1 Å². The summed E-state index contributed by atoms with van der Waals surface area (Å²) in [4.78, 5) is 17.1. The summed E-state index contributed by atoms with van der Waals surface area (Å²) >= 11 is 0. The van der Waals surface area contributed by atoms with Gasteiger partial charge in [0.25, 0.3) is 0 Å². The van der Waals surface area contributed by atoms with Crippen molar-refractivity contribution in [1.82, 2.24) is 15.0 Å². The van der Waals surface area contributed by atoms with Gasteiger partial charge in [0.15, 0.2) is 0 Å². The van der Waals surface area contributed by atoms with Crippen LogP contribution in [0.5, 0.6) is 0 Å². The minimum atomic E-state index is -0.340. The summed E-state index contributed by atoms with van der Waals surface area (Å²) < 4.78 is 19.8. The van der Waals surface area contributed by atoms with Crippen LogP contribution in [0.3, 0.4) is 0 Å². The second-order valence-electron chi connectivity index (χ2n) is 7.62. The summed E-state index contributed by atoms with van der Waals surface area (Å²) in [5, 5.41) is 6.53. The van der Waals surface area contributed by atoms with Crippen LogP contribution in [0.15, 0.2) is 94.6 Å². The minimum Gasteiger partial charge on any atom is -0.418 e. The number of fused-ring (bicyclic) bond motifs is 1. The van der Waals surface area contributed by atoms with Crippen LogP contribution in [0.2, 0.25) is 0 Å². The third-order valence-corrected chi connectivity index (χ3v) is 5.33. The Labute approximate surface area is 201 Å². The van der Waals surface area contributed by atoms with E-state index < -0.39 is 0 Å². The Bertz CT molecular complexity index is 1530. The first-order valence-corrected chi connectivity index (χ1v) is 10.9. The average molecular weight is 465 g/mol. The molecular weight excluding hydrogens is 443 g/mol. The lowest BCUT2D eigenvalue weighted by atomic mass is 10.1. The maximum Gasteiger partial charge on any atom is 0.249 e. The summed E-state index contributed by atoms with van der Waals surface area (Å²) in [7, 11) is 0. The fourth-order valence-corrected chi connectivity index (χ4v) is 3.60. The van der Waals surface area contributed by atoms with Crippen LogP contribution in [0.4, 0.5) is 27.3 Å². The Kier molecular flexibility index (Phi) is 6.00. The fraction of sp³-hybridized carbons (Fsp3) is 0.0370. The highest BCUT2D eigenvalue weighted by atomic mass is 19.1. The van der Waals surface area contributed by atoms with Gasteiger partial charge in [-0.25, -0.2) is 9.37 Å². The first-order chi connectivity index (χ1) is 17.1. The third-order valence-electron chi connectivity index (χ3n) is 5.33. The summed E-state index contributed by atoms with van der Waals surface area (Å²) in [6.07, 6.45) is 5.28. The van der Waals surface area contributed by atoms with Gasteiger partial charge in [0, 0.05) is 40.6 Å². The average Bonchev–Trinajstić information content (AvgIpc) is 3.32. The van der Waals surface area contributed by atoms with Gasteiger partial charge >= 0.3 is 0 Å². The van der Waals surface area contributed by atoms with E-state index in [1.807, 2.05) is 61.5 Å². The quantitative estimate of drug-likeness (QED) is 0.253. The van der Waals surface area contributed by atoms with Gasteiger partial charge in [0.05, 0.1) is 5.69 Å². The van der Waals surface area contributed by atoms with Crippen LogP contribution in [0, 0.1) is 5.82 Å². The Morgan fingerprint density at radius 1 is 0.971 bits per heavy atom. The molecule has 5 aromatic rings. The number of nitrogens with zero attached hydrogens (tertiary/aromatic N) is 4. The molecule has 2 N–H and O–H groups in total. The molecule has 0 fully saturated rings. The number of oxazole rings is 1.